The zero-order valence-corrected chi connectivity index (χ0v) is 9.66. The first kappa shape index (κ1) is 11.8. The number of imide groups is 1. The predicted molar refractivity (Wildman–Crippen MR) is 64.8 cm³/mol. The van der Waals surface area contributed by atoms with E-state index in [-0.39, 0.29) is 5.76 Å². The first-order valence-corrected chi connectivity index (χ1v) is 5.21. The monoisotopic (exact) mass is 245 g/mol. The van der Waals surface area contributed by atoms with Crippen molar-refractivity contribution in [1.82, 2.24) is 5.16 Å². The minimum absolute atomic E-state index is 0.00188. The van der Waals surface area contributed by atoms with Crippen LogP contribution >= 0.6 is 0 Å². The average Bonchev–Trinajstić information content (AvgIpc) is 2.85. The Kier molecular flexibility index (Phi) is 3.09. The summed E-state index contributed by atoms with van der Waals surface area (Å²) in [6.45, 7) is 1.30. The number of carbonyl (C=O) groups is 2. The van der Waals surface area contributed by atoms with E-state index >= 15 is 0 Å². The van der Waals surface area contributed by atoms with Gasteiger partial charge < -0.3 is 10.3 Å². The van der Waals surface area contributed by atoms with Gasteiger partial charge in [-0.25, -0.2) is 4.90 Å². The van der Waals surface area contributed by atoms with Crippen LogP contribution in [0.3, 0.4) is 0 Å². The van der Waals surface area contributed by atoms with Crippen LogP contribution in [-0.2, 0) is 4.79 Å². The average molecular weight is 245 g/mol. The van der Waals surface area contributed by atoms with Crippen molar-refractivity contribution >= 4 is 23.2 Å². The van der Waals surface area contributed by atoms with E-state index in [1.807, 2.05) is 0 Å². The number of nitrogens with zero attached hydrogens (tertiary/aromatic N) is 2. The maximum absolute atomic E-state index is 12.1. The van der Waals surface area contributed by atoms with Gasteiger partial charge in [-0.1, -0.05) is 5.16 Å². The molecule has 2 N–H and O–H groups in total. The summed E-state index contributed by atoms with van der Waals surface area (Å²) in [5.74, 6) is -0.979. The second kappa shape index (κ2) is 4.70. The molecule has 0 aliphatic rings. The summed E-state index contributed by atoms with van der Waals surface area (Å²) < 4.78 is 4.75. The zero-order chi connectivity index (χ0) is 13.1. The second-order valence-electron chi connectivity index (χ2n) is 3.63. The Hall–Kier alpha value is -2.63. The number of benzene rings is 1. The van der Waals surface area contributed by atoms with Gasteiger partial charge in [0.1, 0.15) is 0 Å². The van der Waals surface area contributed by atoms with Gasteiger partial charge in [-0.05, 0) is 24.3 Å². The first-order chi connectivity index (χ1) is 8.59. The van der Waals surface area contributed by atoms with Crippen molar-refractivity contribution in [2.24, 2.45) is 0 Å². The van der Waals surface area contributed by atoms with Crippen molar-refractivity contribution in [3.63, 3.8) is 0 Å². The Morgan fingerprint density at radius 1 is 1.22 bits per heavy atom. The molecule has 0 saturated heterocycles. The Bertz CT molecular complexity index is 561. The van der Waals surface area contributed by atoms with Crippen LogP contribution in [0.1, 0.15) is 17.5 Å². The molecule has 0 radical (unpaired) electrons. The van der Waals surface area contributed by atoms with Gasteiger partial charge in [0.25, 0.3) is 0 Å². The molecule has 0 bridgehead atoms. The van der Waals surface area contributed by atoms with Crippen molar-refractivity contribution in [3.05, 3.63) is 42.3 Å². The highest BCUT2D eigenvalue weighted by molar-refractivity contribution is 6.19. The van der Waals surface area contributed by atoms with Gasteiger partial charge in [0, 0.05) is 18.7 Å². The molecule has 0 unspecified atom stereocenters. The van der Waals surface area contributed by atoms with E-state index in [1.54, 1.807) is 24.3 Å². The lowest BCUT2D eigenvalue weighted by Gasteiger charge is -2.17. The largest absolute Gasteiger partial charge is 0.399 e. The van der Waals surface area contributed by atoms with Gasteiger partial charge in [0.2, 0.25) is 11.7 Å². The van der Waals surface area contributed by atoms with Crippen molar-refractivity contribution in [3.8, 4) is 0 Å². The fourth-order valence-electron chi connectivity index (χ4n) is 1.50. The summed E-state index contributed by atoms with van der Waals surface area (Å²) in [6, 6.07) is 7.80. The van der Waals surface area contributed by atoms with Gasteiger partial charge in [0.15, 0.2) is 0 Å². The highest BCUT2D eigenvalue weighted by Crippen LogP contribution is 2.19. The van der Waals surface area contributed by atoms with Crippen LogP contribution in [0, 0.1) is 0 Å². The van der Waals surface area contributed by atoms with Crippen LogP contribution in [-0.4, -0.2) is 17.0 Å². The molecule has 2 amide bonds. The standard InChI is InChI=1S/C12H11N3O3/c1-8(16)15(10-4-2-9(13)3-5-10)12(17)11-6-7-14-18-11/h2-7H,13H2,1H3. The molecule has 6 heteroatoms. The molecule has 0 fully saturated rings. The smallest absolute Gasteiger partial charge is 0.303 e. The predicted octanol–water partition coefficient (Wildman–Crippen LogP) is 1.45. The number of aromatic nitrogens is 1. The molecule has 92 valence electrons. The highest BCUT2D eigenvalue weighted by atomic mass is 16.5. The van der Waals surface area contributed by atoms with E-state index in [1.165, 1.54) is 19.2 Å². The van der Waals surface area contributed by atoms with Crippen LogP contribution in [0.4, 0.5) is 11.4 Å². The number of nitrogens with two attached hydrogens (primary N) is 1. The molecule has 6 nitrogen and oxygen atoms in total. The first-order valence-electron chi connectivity index (χ1n) is 5.21. The molecule has 18 heavy (non-hydrogen) atoms. The van der Waals surface area contributed by atoms with Crippen LogP contribution in [0.5, 0.6) is 0 Å². The Labute approximate surface area is 103 Å². The number of nitrogen functional groups attached to an aromatic ring is 1. The molecule has 0 saturated carbocycles. The van der Waals surface area contributed by atoms with E-state index < -0.39 is 11.8 Å². The quantitative estimate of drug-likeness (QED) is 0.809. The molecule has 2 rings (SSSR count). The summed E-state index contributed by atoms with van der Waals surface area (Å²) >= 11 is 0. The van der Waals surface area contributed by atoms with Gasteiger partial charge in [-0.3, -0.25) is 9.59 Å². The van der Waals surface area contributed by atoms with Gasteiger partial charge in [-0.15, -0.1) is 0 Å². The summed E-state index contributed by atoms with van der Waals surface area (Å²) in [4.78, 5) is 24.7. The molecule has 1 heterocycles. The molecular weight excluding hydrogens is 234 g/mol. The van der Waals surface area contributed by atoms with E-state index in [9.17, 15) is 9.59 Å². The van der Waals surface area contributed by atoms with Crippen molar-refractivity contribution in [2.45, 2.75) is 6.92 Å². The Morgan fingerprint density at radius 3 is 2.39 bits per heavy atom. The molecule has 0 aliphatic heterocycles. The maximum Gasteiger partial charge on any atom is 0.303 e. The number of carbonyl (C=O) groups excluding carboxylic acids is 2. The molecular formula is C12H11N3O3. The molecule has 0 aliphatic carbocycles. The summed E-state index contributed by atoms with van der Waals surface area (Å²) in [6.07, 6.45) is 1.34. The third-order valence-electron chi connectivity index (χ3n) is 2.32. The van der Waals surface area contributed by atoms with Crippen LogP contribution < -0.4 is 10.6 Å². The number of hydrogen-bond acceptors (Lipinski definition) is 5. The fourth-order valence-corrected chi connectivity index (χ4v) is 1.50. The van der Waals surface area contributed by atoms with E-state index in [2.05, 4.69) is 5.16 Å². The molecule has 2 aromatic rings. The lowest BCUT2D eigenvalue weighted by atomic mass is 10.2. The SMILES string of the molecule is CC(=O)N(C(=O)c1ccno1)c1ccc(N)cc1. The van der Waals surface area contributed by atoms with Crippen LogP contribution in [0.15, 0.2) is 41.1 Å². The Balaban J connectivity index is 2.38. The summed E-state index contributed by atoms with van der Waals surface area (Å²) in [5.41, 5.74) is 6.54. The zero-order valence-electron chi connectivity index (χ0n) is 9.66. The fraction of sp³-hybridized carbons (Fsp3) is 0.0833. The van der Waals surface area contributed by atoms with E-state index in [0.717, 1.165) is 4.90 Å². The molecule has 0 atom stereocenters. The van der Waals surface area contributed by atoms with Crippen LogP contribution in [0.25, 0.3) is 0 Å². The third kappa shape index (κ3) is 2.22. The third-order valence-corrected chi connectivity index (χ3v) is 2.32. The topological polar surface area (TPSA) is 89.4 Å². The van der Waals surface area contributed by atoms with Crippen molar-refractivity contribution in [2.75, 3.05) is 10.6 Å². The summed E-state index contributed by atoms with van der Waals surface area (Å²) in [7, 11) is 0. The second-order valence-corrected chi connectivity index (χ2v) is 3.63. The van der Waals surface area contributed by atoms with Crippen molar-refractivity contribution in [1.29, 1.82) is 0 Å². The molecule has 0 spiro atoms. The highest BCUT2D eigenvalue weighted by Gasteiger charge is 2.24. The molecule has 1 aromatic carbocycles. The molecule has 1 aromatic heterocycles. The van der Waals surface area contributed by atoms with Crippen molar-refractivity contribution < 1.29 is 14.1 Å². The number of amides is 2. The minimum Gasteiger partial charge on any atom is -0.399 e. The van der Waals surface area contributed by atoms with E-state index in [4.69, 9.17) is 10.3 Å². The van der Waals surface area contributed by atoms with Gasteiger partial charge in [-0.2, -0.15) is 0 Å². The maximum atomic E-state index is 12.1. The number of hydrogen-bond donors (Lipinski definition) is 1. The lowest BCUT2D eigenvalue weighted by Crippen LogP contribution is -2.34. The van der Waals surface area contributed by atoms with Gasteiger partial charge in [0.05, 0.1) is 11.9 Å². The normalized spacial score (nSPS) is 10.1. The van der Waals surface area contributed by atoms with Crippen LogP contribution in [0.2, 0.25) is 0 Å². The van der Waals surface area contributed by atoms with Gasteiger partial charge >= 0.3 is 5.91 Å². The summed E-state index contributed by atoms with van der Waals surface area (Å²) in [5, 5.41) is 3.44. The number of anilines is 2. The lowest BCUT2D eigenvalue weighted by molar-refractivity contribution is -0.116. The Morgan fingerprint density at radius 2 is 1.89 bits per heavy atom. The number of rotatable bonds is 2. The minimum atomic E-state index is -0.565. The van der Waals surface area contributed by atoms with E-state index in [0.29, 0.717) is 11.4 Å².